The van der Waals surface area contributed by atoms with Crippen molar-refractivity contribution < 1.29 is 0 Å². The Morgan fingerprint density at radius 1 is 0.464 bits per heavy atom. The summed E-state index contributed by atoms with van der Waals surface area (Å²) in [4.78, 5) is 0. The summed E-state index contributed by atoms with van der Waals surface area (Å²) in [5.74, 6) is 0. The molecule has 0 fully saturated rings. The summed E-state index contributed by atoms with van der Waals surface area (Å²) in [5, 5.41) is 6.24. The van der Waals surface area contributed by atoms with Crippen molar-refractivity contribution >= 4 is 49.1 Å². The molecule has 0 N–H and O–H groups in total. The van der Waals surface area contributed by atoms with E-state index in [-0.39, 0.29) is 0 Å². The van der Waals surface area contributed by atoms with Crippen molar-refractivity contribution in [3.8, 4) is 0 Å². The van der Waals surface area contributed by atoms with Crippen LogP contribution in [0.3, 0.4) is 0 Å². The van der Waals surface area contributed by atoms with Crippen LogP contribution in [-0.2, 0) is 0 Å². The van der Waals surface area contributed by atoms with E-state index in [0.717, 1.165) is 0 Å². The van der Waals surface area contributed by atoms with Crippen LogP contribution in [0, 0.1) is 0 Å². The molecule has 0 aliphatic carbocycles. The van der Waals surface area contributed by atoms with Crippen molar-refractivity contribution in [1.29, 1.82) is 0 Å². The zero-order valence-electron chi connectivity index (χ0n) is 17.1. The van der Waals surface area contributed by atoms with Gasteiger partial charge < -0.3 is 0 Å². The van der Waals surface area contributed by atoms with Gasteiger partial charge in [0.2, 0.25) is 0 Å². The van der Waals surface area contributed by atoms with Crippen LogP contribution in [0.1, 0.15) is 22.3 Å². The molecule has 0 atom stereocenters. The van der Waals surface area contributed by atoms with Gasteiger partial charge in [0, 0.05) is 0 Å². The van der Waals surface area contributed by atoms with Crippen molar-refractivity contribution in [2.45, 2.75) is 26.2 Å². The standard InChI is InChI=1S/C26H26Si2/c1-27(2)23-11-7-5-9-21(23)17-25(27)19-13-15-20(16-14-19)26-18-22-10-6-8-12-24(22)28(26,3)4/h5-18H,1-4H3. The Hall–Kier alpha value is -2.43. The molecule has 0 saturated heterocycles. The van der Waals surface area contributed by atoms with Gasteiger partial charge in [-0.1, -0.05) is 111 Å². The average Bonchev–Trinajstić information content (AvgIpc) is 3.13. The van der Waals surface area contributed by atoms with Gasteiger partial charge in [0.25, 0.3) is 0 Å². The number of hydrogen-bond acceptors (Lipinski definition) is 0. The Bertz CT molecular complexity index is 1050. The van der Waals surface area contributed by atoms with Crippen molar-refractivity contribution in [2.75, 3.05) is 0 Å². The minimum Gasteiger partial charge on any atom is -0.0623 e. The first kappa shape index (κ1) is 17.7. The maximum absolute atomic E-state index is 2.48. The molecule has 0 saturated carbocycles. The van der Waals surface area contributed by atoms with Crippen LogP contribution in [0.25, 0.3) is 22.5 Å². The van der Waals surface area contributed by atoms with Crippen LogP contribution in [0.2, 0.25) is 26.2 Å². The molecule has 0 amide bonds. The number of rotatable bonds is 2. The Balaban J connectivity index is 1.52. The third kappa shape index (κ3) is 2.48. The maximum Gasteiger partial charge on any atom is 0.113 e. The molecule has 138 valence electrons. The van der Waals surface area contributed by atoms with Crippen molar-refractivity contribution in [3.63, 3.8) is 0 Å². The second-order valence-electron chi connectivity index (χ2n) is 9.12. The second-order valence-corrected chi connectivity index (χ2v) is 17.8. The molecule has 0 nitrogen and oxygen atoms in total. The summed E-state index contributed by atoms with van der Waals surface area (Å²) < 4.78 is 0. The molecule has 0 aromatic heterocycles. The molecule has 2 heterocycles. The van der Waals surface area contributed by atoms with Crippen molar-refractivity contribution in [3.05, 3.63) is 95.1 Å². The van der Waals surface area contributed by atoms with E-state index in [9.17, 15) is 0 Å². The van der Waals surface area contributed by atoms with Gasteiger partial charge in [-0.05, 0) is 43.0 Å². The molecular weight excluding hydrogens is 368 g/mol. The topological polar surface area (TPSA) is 0 Å². The number of benzene rings is 3. The summed E-state index contributed by atoms with van der Waals surface area (Å²) >= 11 is 0. The average molecular weight is 395 g/mol. The van der Waals surface area contributed by atoms with Crippen LogP contribution in [0.5, 0.6) is 0 Å². The van der Waals surface area contributed by atoms with Crippen LogP contribution in [-0.4, -0.2) is 16.1 Å². The largest absolute Gasteiger partial charge is 0.113 e. The zero-order chi connectivity index (χ0) is 19.5. The molecule has 2 heteroatoms. The zero-order valence-corrected chi connectivity index (χ0v) is 19.1. The van der Waals surface area contributed by atoms with Crippen LogP contribution in [0.15, 0.2) is 72.8 Å². The van der Waals surface area contributed by atoms with Gasteiger partial charge in [0.15, 0.2) is 0 Å². The molecule has 0 radical (unpaired) electrons. The van der Waals surface area contributed by atoms with Gasteiger partial charge in [-0.2, -0.15) is 0 Å². The van der Waals surface area contributed by atoms with E-state index < -0.39 is 16.1 Å². The Labute approximate surface area is 170 Å². The van der Waals surface area contributed by atoms with E-state index in [0.29, 0.717) is 0 Å². The highest BCUT2D eigenvalue weighted by Crippen LogP contribution is 2.37. The molecule has 0 spiro atoms. The van der Waals surface area contributed by atoms with Crippen molar-refractivity contribution in [2.24, 2.45) is 0 Å². The molecule has 3 aromatic rings. The van der Waals surface area contributed by atoms with E-state index in [1.54, 1.807) is 20.8 Å². The molecule has 0 unspecified atom stereocenters. The SMILES string of the molecule is C[Si]1(C)C(c2ccc(C3=Cc4ccccc4[Si]3(C)C)cc2)=Cc2ccccc21. The first-order valence-electron chi connectivity index (χ1n) is 10.1. The fourth-order valence-electron chi connectivity index (χ4n) is 5.06. The first-order valence-corrected chi connectivity index (χ1v) is 16.1. The minimum atomic E-state index is -1.60. The normalized spacial score (nSPS) is 18.3. The quantitative estimate of drug-likeness (QED) is 0.489. The van der Waals surface area contributed by atoms with Crippen LogP contribution in [0.4, 0.5) is 0 Å². The summed E-state index contributed by atoms with van der Waals surface area (Å²) in [6.07, 6.45) is 4.86. The van der Waals surface area contributed by atoms with Gasteiger partial charge >= 0.3 is 0 Å². The highest BCUT2D eigenvalue weighted by Gasteiger charge is 2.37. The number of hydrogen-bond donors (Lipinski definition) is 0. The lowest BCUT2D eigenvalue weighted by atomic mass is 10.1. The predicted octanol–water partition coefficient (Wildman–Crippen LogP) is 5.70. The van der Waals surface area contributed by atoms with Crippen LogP contribution < -0.4 is 10.4 Å². The van der Waals surface area contributed by atoms with Gasteiger partial charge in [-0.15, -0.1) is 0 Å². The summed E-state index contributed by atoms with van der Waals surface area (Å²) in [6.45, 7) is 9.91. The molecule has 28 heavy (non-hydrogen) atoms. The van der Waals surface area contributed by atoms with Gasteiger partial charge in [0.1, 0.15) is 16.1 Å². The Morgan fingerprint density at radius 2 is 0.821 bits per heavy atom. The van der Waals surface area contributed by atoms with E-state index in [4.69, 9.17) is 0 Å². The summed E-state index contributed by atoms with van der Waals surface area (Å²) in [7, 11) is -3.21. The molecule has 2 aliphatic rings. The van der Waals surface area contributed by atoms with E-state index >= 15 is 0 Å². The monoisotopic (exact) mass is 394 g/mol. The summed E-state index contributed by atoms with van der Waals surface area (Å²) in [6, 6.07) is 27.3. The first-order chi connectivity index (χ1) is 13.4. The summed E-state index contributed by atoms with van der Waals surface area (Å²) in [5.41, 5.74) is 5.63. The highest BCUT2D eigenvalue weighted by molar-refractivity contribution is 7.07. The molecule has 5 rings (SSSR count). The smallest absolute Gasteiger partial charge is 0.0623 e. The lowest BCUT2D eigenvalue weighted by molar-refractivity contribution is 1.59. The van der Waals surface area contributed by atoms with E-state index in [2.05, 4.69) is 111 Å². The third-order valence-corrected chi connectivity index (χ3v) is 13.9. The van der Waals surface area contributed by atoms with Gasteiger partial charge in [-0.3, -0.25) is 0 Å². The molecule has 0 bridgehead atoms. The lowest BCUT2D eigenvalue weighted by Crippen LogP contribution is -2.41. The van der Waals surface area contributed by atoms with Gasteiger partial charge in [0.05, 0.1) is 0 Å². The van der Waals surface area contributed by atoms with Gasteiger partial charge in [-0.25, -0.2) is 0 Å². The Kier molecular flexibility index (Phi) is 3.81. The molecular formula is C26H26Si2. The predicted molar refractivity (Wildman–Crippen MR) is 129 cm³/mol. The minimum absolute atomic E-state index is 1.40. The molecule has 3 aromatic carbocycles. The fraction of sp³-hybridized carbons (Fsp3) is 0.154. The van der Waals surface area contributed by atoms with E-state index in [1.807, 2.05) is 0 Å². The lowest BCUT2D eigenvalue weighted by Gasteiger charge is -2.24. The Morgan fingerprint density at radius 3 is 1.18 bits per heavy atom. The molecule has 2 aliphatic heterocycles. The third-order valence-electron chi connectivity index (χ3n) is 6.72. The van der Waals surface area contributed by atoms with Crippen molar-refractivity contribution in [1.82, 2.24) is 0 Å². The van der Waals surface area contributed by atoms with Crippen LogP contribution >= 0.6 is 0 Å². The fourth-order valence-corrected chi connectivity index (χ4v) is 11.2. The maximum atomic E-state index is 2.48. The number of fused-ring (bicyclic) bond motifs is 2. The second kappa shape index (κ2) is 6.03. The highest BCUT2D eigenvalue weighted by atomic mass is 28.3. The van der Waals surface area contributed by atoms with E-state index in [1.165, 1.54) is 22.3 Å².